The molecule has 0 saturated carbocycles. The zero-order chi connectivity index (χ0) is 11.5. The molecule has 1 aromatic rings. The van der Waals surface area contributed by atoms with Crippen LogP contribution in [0.4, 0.5) is 5.69 Å². The summed E-state index contributed by atoms with van der Waals surface area (Å²) >= 11 is 3.40. The van der Waals surface area contributed by atoms with Gasteiger partial charge in [-0.2, -0.15) is 0 Å². The van der Waals surface area contributed by atoms with Crippen LogP contribution in [0, 0.1) is 12.8 Å². The third kappa shape index (κ3) is 2.83. The van der Waals surface area contributed by atoms with Crippen molar-refractivity contribution in [3.63, 3.8) is 0 Å². The topological polar surface area (TPSA) is 41.1 Å². The Balaban J connectivity index is 1.96. The number of carbonyl (C=O) groups is 1. The molecule has 0 unspecified atom stereocenters. The van der Waals surface area contributed by atoms with Gasteiger partial charge in [-0.05, 0) is 43.6 Å². The molecule has 1 fully saturated rings. The van der Waals surface area contributed by atoms with E-state index in [2.05, 4.69) is 26.6 Å². The summed E-state index contributed by atoms with van der Waals surface area (Å²) in [6, 6.07) is 5.90. The van der Waals surface area contributed by atoms with E-state index in [1.165, 1.54) is 0 Å². The highest BCUT2D eigenvalue weighted by Crippen LogP contribution is 2.21. The average molecular weight is 283 g/mol. The van der Waals surface area contributed by atoms with Gasteiger partial charge in [-0.3, -0.25) is 4.79 Å². The standard InChI is InChI=1S/C12H15BrN2O/c1-8-2-3-10(13)5-11(8)15-12(16)4-9-6-14-7-9/h2-3,5,9,14H,4,6-7H2,1H3,(H,15,16). The fourth-order valence-electron chi connectivity index (χ4n) is 1.69. The molecule has 1 heterocycles. The van der Waals surface area contributed by atoms with Crippen LogP contribution in [0.3, 0.4) is 0 Å². The molecule has 16 heavy (non-hydrogen) atoms. The lowest BCUT2D eigenvalue weighted by Gasteiger charge is -2.26. The summed E-state index contributed by atoms with van der Waals surface area (Å²) < 4.78 is 0.985. The highest BCUT2D eigenvalue weighted by molar-refractivity contribution is 9.10. The minimum Gasteiger partial charge on any atom is -0.326 e. The van der Waals surface area contributed by atoms with Crippen LogP contribution in [0.25, 0.3) is 0 Å². The summed E-state index contributed by atoms with van der Waals surface area (Å²) in [5, 5.41) is 6.12. The van der Waals surface area contributed by atoms with E-state index in [0.29, 0.717) is 12.3 Å². The van der Waals surface area contributed by atoms with E-state index in [1.807, 2.05) is 25.1 Å². The molecular formula is C12H15BrN2O. The van der Waals surface area contributed by atoms with Crippen LogP contribution in [-0.4, -0.2) is 19.0 Å². The zero-order valence-electron chi connectivity index (χ0n) is 9.22. The van der Waals surface area contributed by atoms with Crippen LogP contribution in [-0.2, 0) is 4.79 Å². The van der Waals surface area contributed by atoms with Crippen molar-refractivity contribution >= 4 is 27.5 Å². The maximum Gasteiger partial charge on any atom is 0.224 e. The molecule has 1 aliphatic heterocycles. The fraction of sp³-hybridized carbons (Fsp3) is 0.417. The number of rotatable bonds is 3. The highest BCUT2D eigenvalue weighted by Gasteiger charge is 2.20. The molecule has 2 N–H and O–H groups in total. The number of hydrogen-bond acceptors (Lipinski definition) is 2. The lowest BCUT2D eigenvalue weighted by atomic mass is 9.99. The average Bonchev–Trinajstić information content (AvgIpc) is 2.18. The Bertz CT molecular complexity index is 402. The van der Waals surface area contributed by atoms with Crippen LogP contribution in [0.1, 0.15) is 12.0 Å². The van der Waals surface area contributed by atoms with Crippen molar-refractivity contribution in [3.8, 4) is 0 Å². The van der Waals surface area contributed by atoms with Crippen molar-refractivity contribution in [1.29, 1.82) is 0 Å². The molecule has 0 radical (unpaired) electrons. The van der Waals surface area contributed by atoms with Crippen LogP contribution in [0.2, 0.25) is 0 Å². The predicted molar refractivity (Wildman–Crippen MR) is 68.5 cm³/mol. The smallest absolute Gasteiger partial charge is 0.224 e. The molecule has 1 aliphatic rings. The molecule has 1 amide bonds. The van der Waals surface area contributed by atoms with Gasteiger partial charge in [-0.15, -0.1) is 0 Å². The van der Waals surface area contributed by atoms with Crippen molar-refractivity contribution in [2.45, 2.75) is 13.3 Å². The molecule has 4 heteroatoms. The van der Waals surface area contributed by atoms with Gasteiger partial charge in [0.15, 0.2) is 0 Å². The molecule has 0 bridgehead atoms. The summed E-state index contributed by atoms with van der Waals surface area (Å²) in [6.45, 7) is 3.92. The monoisotopic (exact) mass is 282 g/mol. The maximum atomic E-state index is 11.7. The van der Waals surface area contributed by atoms with Gasteiger partial charge in [0.1, 0.15) is 0 Å². The Kier molecular flexibility index (Phi) is 3.61. The molecule has 0 spiro atoms. The summed E-state index contributed by atoms with van der Waals surface area (Å²) in [4.78, 5) is 11.7. The molecule has 3 nitrogen and oxygen atoms in total. The third-order valence-electron chi connectivity index (χ3n) is 2.81. The molecule has 0 aliphatic carbocycles. The van der Waals surface area contributed by atoms with E-state index in [1.54, 1.807) is 0 Å². The van der Waals surface area contributed by atoms with Crippen LogP contribution < -0.4 is 10.6 Å². The minimum absolute atomic E-state index is 0.104. The maximum absolute atomic E-state index is 11.7. The Morgan fingerprint density at radius 3 is 2.94 bits per heavy atom. The first-order valence-electron chi connectivity index (χ1n) is 5.42. The van der Waals surface area contributed by atoms with Gasteiger partial charge in [0.05, 0.1) is 0 Å². The molecule has 1 saturated heterocycles. The second kappa shape index (κ2) is 4.97. The van der Waals surface area contributed by atoms with Crippen molar-refractivity contribution in [3.05, 3.63) is 28.2 Å². The summed E-state index contributed by atoms with van der Waals surface area (Å²) in [5.41, 5.74) is 1.98. The predicted octanol–water partition coefficient (Wildman–Crippen LogP) is 2.31. The zero-order valence-corrected chi connectivity index (χ0v) is 10.8. The second-order valence-corrected chi connectivity index (χ2v) is 5.15. The van der Waals surface area contributed by atoms with Crippen molar-refractivity contribution in [2.24, 2.45) is 5.92 Å². The van der Waals surface area contributed by atoms with Gasteiger partial charge < -0.3 is 10.6 Å². The Hall–Kier alpha value is -0.870. The number of halogens is 1. The third-order valence-corrected chi connectivity index (χ3v) is 3.31. The first-order valence-corrected chi connectivity index (χ1v) is 6.21. The van der Waals surface area contributed by atoms with Gasteiger partial charge in [-0.25, -0.2) is 0 Å². The van der Waals surface area contributed by atoms with E-state index < -0.39 is 0 Å². The van der Waals surface area contributed by atoms with Crippen LogP contribution in [0.5, 0.6) is 0 Å². The normalized spacial score (nSPS) is 15.6. The summed E-state index contributed by atoms with van der Waals surface area (Å²) in [6.07, 6.45) is 0.610. The van der Waals surface area contributed by atoms with E-state index in [0.717, 1.165) is 28.8 Å². The van der Waals surface area contributed by atoms with E-state index >= 15 is 0 Å². The molecule has 1 aromatic carbocycles. The number of anilines is 1. The Morgan fingerprint density at radius 1 is 1.56 bits per heavy atom. The number of benzene rings is 1. The quantitative estimate of drug-likeness (QED) is 0.893. The number of aryl methyl sites for hydroxylation is 1. The molecule has 2 rings (SSSR count). The SMILES string of the molecule is Cc1ccc(Br)cc1NC(=O)CC1CNC1. The highest BCUT2D eigenvalue weighted by atomic mass is 79.9. The van der Waals surface area contributed by atoms with E-state index in [4.69, 9.17) is 0 Å². The van der Waals surface area contributed by atoms with Crippen LogP contribution >= 0.6 is 15.9 Å². The Morgan fingerprint density at radius 2 is 2.31 bits per heavy atom. The molecule has 0 aromatic heterocycles. The first kappa shape index (κ1) is 11.6. The summed E-state index contributed by atoms with van der Waals surface area (Å²) in [7, 11) is 0. The van der Waals surface area contributed by atoms with Gasteiger partial charge in [0, 0.05) is 16.6 Å². The number of amides is 1. The largest absolute Gasteiger partial charge is 0.326 e. The lowest BCUT2D eigenvalue weighted by Crippen LogP contribution is -2.43. The van der Waals surface area contributed by atoms with E-state index in [9.17, 15) is 4.79 Å². The first-order chi connectivity index (χ1) is 7.65. The van der Waals surface area contributed by atoms with Gasteiger partial charge in [-0.1, -0.05) is 22.0 Å². The molecule has 0 atom stereocenters. The lowest BCUT2D eigenvalue weighted by molar-refractivity contribution is -0.117. The molecule has 86 valence electrons. The van der Waals surface area contributed by atoms with Gasteiger partial charge >= 0.3 is 0 Å². The fourth-order valence-corrected chi connectivity index (χ4v) is 2.05. The van der Waals surface area contributed by atoms with Gasteiger partial charge in [0.2, 0.25) is 5.91 Å². The number of nitrogens with one attached hydrogen (secondary N) is 2. The van der Waals surface area contributed by atoms with Gasteiger partial charge in [0.25, 0.3) is 0 Å². The molecular weight excluding hydrogens is 268 g/mol. The van der Waals surface area contributed by atoms with Crippen molar-refractivity contribution in [2.75, 3.05) is 18.4 Å². The van der Waals surface area contributed by atoms with Crippen molar-refractivity contribution in [1.82, 2.24) is 5.32 Å². The minimum atomic E-state index is 0.104. The number of carbonyl (C=O) groups excluding carboxylic acids is 1. The van der Waals surface area contributed by atoms with Crippen molar-refractivity contribution < 1.29 is 4.79 Å². The summed E-state index contributed by atoms with van der Waals surface area (Å²) in [5.74, 6) is 0.611. The van der Waals surface area contributed by atoms with E-state index in [-0.39, 0.29) is 5.91 Å². The second-order valence-electron chi connectivity index (χ2n) is 4.24. The van der Waals surface area contributed by atoms with Crippen LogP contribution in [0.15, 0.2) is 22.7 Å². The Labute approximate surface area is 104 Å². The number of hydrogen-bond donors (Lipinski definition) is 2.